The Bertz CT molecular complexity index is 662. The van der Waals surface area contributed by atoms with Gasteiger partial charge >= 0.3 is 0 Å². The van der Waals surface area contributed by atoms with Crippen LogP contribution in [0.15, 0.2) is 24.3 Å². The van der Waals surface area contributed by atoms with E-state index in [0.29, 0.717) is 19.3 Å². The molecule has 1 fully saturated rings. The van der Waals surface area contributed by atoms with E-state index >= 15 is 0 Å². The predicted octanol–water partition coefficient (Wildman–Crippen LogP) is 4.65. The summed E-state index contributed by atoms with van der Waals surface area (Å²) >= 11 is 0. The number of ketones is 1. The number of hydrogen-bond acceptors (Lipinski definition) is 3. The summed E-state index contributed by atoms with van der Waals surface area (Å²) in [6.45, 7) is 4.75. The van der Waals surface area contributed by atoms with Gasteiger partial charge in [-0.1, -0.05) is 12.1 Å². The number of rotatable bonds is 6. The Morgan fingerprint density at radius 1 is 1.31 bits per heavy atom. The number of carbonyl (C=O) groups is 1. The van der Waals surface area contributed by atoms with Gasteiger partial charge in [-0.15, -0.1) is 0 Å². The lowest BCUT2D eigenvalue weighted by Crippen LogP contribution is -2.31. The quantitative estimate of drug-likeness (QED) is 0.738. The first kappa shape index (κ1) is 19.2. The second-order valence-electron chi connectivity index (χ2n) is 7.64. The molecule has 5 heteroatoms. The Morgan fingerprint density at radius 3 is 2.73 bits per heavy atom. The minimum Gasteiger partial charge on any atom is -0.299 e. The molecule has 0 atom stereocenters. The number of pyridine rings is 1. The van der Waals surface area contributed by atoms with Crippen LogP contribution in [0, 0.1) is 12.8 Å². The fourth-order valence-electron chi connectivity index (χ4n) is 3.91. The Hall–Kier alpha value is -1.62. The summed E-state index contributed by atoms with van der Waals surface area (Å²) in [5.41, 5.74) is 3.39. The molecule has 1 aliphatic heterocycles. The molecule has 0 N–H and O–H groups in total. The van der Waals surface area contributed by atoms with Gasteiger partial charge in [-0.2, -0.15) is 0 Å². The van der Waals surface area contributed by atoms with Gasteiger partial charge in [-0.3, -0.25) is 14.7 Å². The summed E-state index contributed by atoms with van der Waals surface area (Å²) in [6.07, 6.45) is 4.99. The second kappa shape index (κ2) is 8.38. The molecule has 2 aliphatic rings. The summed E-state index contributed by atoms with van der Waals surface area (Å²) < 4.78 is 26.4. The standard InChI is InChI=1S/C21H28F2N2O/c1-16-4-2-5-19(24-16)17-9-14-25(15-10-17)13-3-6-20(26)18-7-11-21(22,23)12-8-18/h2,4-5,9,18H,3,6-8,10-15H2,1H3. The van der Waals surface area contributed by atoms with Crippen LogP contribution in [0.4, 0.5) is 8.78 Å². The lowest BCUT2D eigenvalue weighted by Gasteiger charge is -2.28. The van der Waals surface area contributed by atoms with E-state index in [0.717, 1.165) is 43.9 Å². The van der Waals surface area contributed by atoms with Crippen LogP contribution >= 0.6 is 0 Å². The van der Waals surface area contributed by atoms with Gasteiger partial charge in [-0.25, -0.2) is 8.78 Å². The summed E-state index contributed by atoms with van der Waals surface area (Å²) in [4.78, 5) is 19.2. The molecule has 0 radical (unpaired) electrons. The van der Waals surface area contributed by atoms with E-state index in [1.807, 2.05) is 19.1 Å². The first-order chi connectivity index (χ1) is 12.4. The number of nitrogens with zero attached hydrogens (tertiary/aromatic N) is 2. The molecule has 26 heavy (non-hydrogen) atoms. The van der Waals surface area contributed by atoms with Crippen LogP contribution in [-0.4, -0.2) is 41.2 Å². The first-order valence-electron chi connectivity index (χ1n) is 9.69. The largest absolute Gasteiger partial charge is 0.299 e. The molecule has 1 aromatic heterocycles. The van der Waals surface area contributed by atoms with Gasteiger partial charge in [0.15, 0.2) is 0 Å². The minimum atomic E-state index is -2.55. The summed E-state index contributed by atoms with van der Waals surface area (Å²) in [5, 5.41) is 0. The molecule has 1 aromatic rings. The van der Waals surface area contributed by atoms with Crippen molar-refractivity contribution in [2.45, 2.75) is 57.8 Å². The SMILES string of the molecule is Cc1cccc(C2=CCN(CCCC(=O)C3CCC(F)(F)CC3)CC2)n1. The van der Waals surface area contributed by atoms with E-state index in [-0.39, 0.29) is 24.5 Å². The van der Waals surface area contributed by atoms with Gasteiger partial charge in [0.1, 0.15) is 5.78 Å². The van der Waals surface area contributed by atoms with E-state index < -0.39 is 5.92 Å². The highest BCUT2D eigenvalue weighted by Gasteiger charge is 2.36. The zero-order chi connectivity index (χ0) is 18.6. The number of Topliss-reactive ketones (excluding diaryl/α,β-unsaturated/α-hetero) is 1. The third kappa shape index (κ3) is 5.19. The number of aryl methyl sites for hydroxylation is 1. The third-order valence-electron chi connectivity index (χ3n) is 5.58. The summed E-state index contributed by atoms with van der Waals surface area (Å²) in [6, 6.07) is 6.10. The van der Waals surface area contributed by atoms with Gasteiger partial charge < -0.3 is 0 Å². The lowest BCUT2D eigenvalue weighted by atomic mass is 9.83. The highest BCUT2D eigenvalue weighted by molar-refractivity contribution is 5.81. The molecule has 142 valence electrons. The Balaban J connectivity index is 1.39. The Morgan fingerprint density at radius 2 is 2.08 bits per heavy atom. The van der Waals surface area contributed by atoms with Crippen molar-refractivity contribution in [2.24, 2.45) is 5.92 Å². The molecule has 0 bridgehead atoms. The van der Waals surface area contributed by atoms with Crippen molar-refractivity contribution in [2.75, 3.05) is 19.6 Å². The molecule has 3 rings (SSSR count). The summed E-state index contributed by atoms with van der Waals surface area (Å²) in [7, 11) is 0. The van der Waals surface area contributed by atoms with Crippen molar-refractivity contribution in [3.63, 3.8) is 0 Å². The molecule has 0 amide bonds. The van der Waals surface area contributed by atoms with Crippen molar-refractivity contribution in [3.8, 4) is 0 Å². The van der Waals surface area contributed by atoms with E-state index in [1.165, 1.54) is 5.57 Å². The molecule has 1 aliphatic carbocycles. The topological polar surface area (TPSA) is 33.2 Å². The fraction of sp³-hybridized carbons (Fsp3) is 0.619. The van der Waals surface area contributed by atoms with Gasteiger partial charge in [0.25, 0.3) is 0 Å². The molecular weight excluding hydrogens is 334 g/mol. The maximum Gasteiger partial charge on any atom is 0.248 e. The lowest BCUT2D eigenvalue weighted by molar-refractivity contribution is -0.127. The average molecular weight is 362 g/mol. The van der Waals surface area contributed by atoms with Crippen LogP contribution in [0.5, 0.6) is 0 Å². The maximum atomic E-state index is 13.2. The Labute approximate surface area is 154 Å². The van der Waals surface area contributed by atoms with Crippen molar-refractivity contribution in [3.05, 3.63) is 35.7 Å². The van der Waals surface area contributed by atoms with Crippen molar-refractivity contribution in [1.29, 1.82) is 0 Å². The predicted molar refractivity (Wildman–Crippen MR) is 99.2 cm³/mol. The van der Waals surface area contributed by atoms with E-state index in [2.05, 4.69) is 22.0 Å². The van der Waals surface area contributed by atoms with Gasteiger partial charge in [0, 0.05) is 44.0 Å². The van der Waals surface area contributed by atoms with Crippen LogP contribution in [0.25, 0.3) is 5.57 Å². The van der Waals surface area contributed by atoms with E-state index in [1.54, 1.807) is 0 Å². The van der Waals surface area contributed by atoms with Crippen molar-refractivity contribution >= 4 is 11.4 Å². The minimum absolute atomic E-state index is 0.129. The zero-order valence-electron chi connectivity index (χ0n) is 15.5. The van der Waals surface area contributed by atoms with E-state index in [4.69, 9.17) is 0 Å². The van der Waals surface area contributed by atoms with Crippen molar-refractivity contribution in [1.82, 2.24) is 9.88 Å². The van der Waals surface area contributed by atoms with Crippen molar-refractivity contribution < 1.29 is 13.6 Å². The van der Waals surface area contributed by atoms with Crippen LogP contribution in [0.3, 0.4) is 0 Å². The van der Waals surface area contributed by atoms with Crippen LogP contribution in [-0.2, 0) is 4.79 Å². The average Bonchev–Trinajstić information content (AvgIpc) is 2.62. The Kier molecular flexibility index (Phi) is 6.17. The summed E-state index contributed by atoms with van der Waals surface area (Å²) in [5.74, 6) is -2.52. The first-order valence-corrected chi connectivity index (χ1v) is 9.69. The van der Waals surface area contributed by atoms with Gasteiger partial charge in [0.2, 0.25) is 5.92 Å². The van der Waals surface area contributed by atoms with Gasteiger partial charge in [0.05, 0.1) is 5.69 Å². The molecular formula is C21H28F2N2O. The van der Waals surface area contributed by atoms with Crippen LogP contribution in [0.2, 0.25) is 0 Å². The fourth-order valence-corrected chi connectivity index (χ4v) is 3.91. The van der Waals surface area contributed by atoms with E-state index in [9.17, 15) is 13.6 Å². The monoisotopic (exact) mass is 362 g/mol. The molecule has 0 aromatic carbocycles. The highest BCUT2D eigenvalue weighted by Crippen LogP contribution is 2.36. The zero-order valence-corrected chi connectivity index (χ0v) is 15.5. The highest BCUT2D eigenvalue weighted by atomic mass is 19.3. The normalized spacial score (nSPS) is 21.4. The molecule has 0 unspecified atom stereocenters. The maximum absolute atomic E-state index is 13.2. The van der Waals surface area contributed by atoms with Crippen LogP contribution < -0.4 is 0 Å². The number of aromatic nitrogens is 1. The smallest absolute Gasteiger partial charge is 0.248 e. The number of halogens is 2. The number of hydrogen-bond donors (Lipinski definition) is 0. The molecule has 1 saturated carbocycles. The number of alkyl halides is 2. The second-order valence-corrected chi connectivity index (χ2v) is 7.64. The number of carbonyl (C=O) groups excluding carboxylic acids is 1. The van der Waals surface area contributed by atoms with Crippen LogP contribution in [0.1, 0.15) is 56.3 Å². The third-order valence-corrected chi connectivity index (χ3v) is 5.58. The molecule has 0 spiro atoms. The molecule has 0 saturated heterocycles. The molecule has 2 heterocycles. The molecule has 3 nitrogen and oxygen atoms in total. The van der Waals surface area contributed by atoms with Gasteiger partial charge in [-0.05, 0) is 56.9 Å².